The second kappa shape index (κ2) is 7.92. The lowest BCUT2D eigenvalue weighted by Gasteiger charge is -2.32. The maximum absolute atomic E-state index is 12.6. The first-order valence-electron chi connectivity index (χ1n) is 9.76. The highest BCUT2D eigenvalue weighted by atomic mass is 16.5. The molecule has 1 N–H and O–H groups in total. The fraction of sp³-hybridized carbons (Fsp3) is 0.364. The van der Waals surface area contributed by atoms with Gasteiger partial charge >= 0.3 is 6.03 Å². The van der Waals surface area contributed by atoms with E-state index in [1.165, 1.54) is 5.52 Å². The van der Waals surface area contributed by atoms with Gasteiger partial charge in [-0.25, -0.2) is 9.78 Å². The molecule has 1 aliphatic heterocycles. The second-order valence-electron chi connectivity index (χ2n) is 7.32. The average molecular weight is 378 g/mol. The molecule has 6 heteroatoms. The van der Waals surface area contributed by atoms with E-state index in [0.29, 0.717) is 17.4 Å². The Balaban J connectivity index is 1.36. The van der Waals surface area contributed by atoms with Crippen molar-refractivity contribution in [2.75, 3.05) is 25.5 Å². The number of nitrogens with one attached hydrogen (secondary N) is 1. The standard InChI is InChI=1S/C22H26N4O2/c1-16-23-18-7-3-5-9-20(18)26(16)15-17-11-13-25(14-12-17)22(27)24-19-8-4-6-10-21(19)28-2/h3-10,17H,11-15H2,1-2H3,(H,24,27). The molecular formula is C22H26N4O2. The van der Waals surface area contributed by atoms with Crippen LogP contribution < -0.4 is 10.1 Å². The Labute approximate surface area is 165 Å². The van der Waals surface area contributed by atoms with Crippen LogP contribution in [0.5, 0.6) is 5.75 Å². The predicted molar refractivity (Wildman–Crippen MR) is 111 cm³/mol. The van der Waals surface area contributed by atoms with Gasteiger partial charge in [0.05, 0.1) is 23.8 Å². The van der Waals surface area contributed by atoms with Crippen molar-refractivity contribution >= 4 is 22.8 Å². The Morgan fingerprint density at radius 3 is 2.64 bits per heavy atom. The molecule has 4 rings (SSSR count). The molecular weight excluding hydrogens is 352 g/mol. The minimum atomic E-state index is -0.0628. The zero-order chi connectivity index (χ0) is 19.5. The number of aromatic nitrogens is 2. The highest BCUT2D eigenvalue weighted by Gasteiger charge is 2.24. The van der Waals surface area contributed by atoms with Crippen LogP contribution in [-0.2, 0) is 6.54 Å². The number of fused-ring (bicyclic) bond motifs is 1. The minimum Gasteiger partial charge on any atom is -0.495 e. The number of carbonyl (C=O) groups is 1. The van der Waals surface area contributed by atoms with Gasteiger partial charge in [-0.2, -0.15) is 0 Å². The molecule has 2 heterocycles. The second-order valence-corrected chi connectivity index (χ2v) is 7.32. The highest BCUT2D eigenvalue weighted by molar-refractivity contribution is 5.91. The van der Waals surface area contributed by atoms with Crippen molar-refractivity contribution in [1.29, 1.82) is 0 Å². The number of carbonyl (C=O) groups excluding carboxylic acids is 1. The zero-order valence-corrected chi connectivity index (χ0v) is 16.4. The molecule has 1 aromatic heterocycles. The van der Waals surface area contributed by atoms with E-state index in [2.05, 4.69) is 40.0 Å². The molecule has 1 fully saturated rings. The molecule has 0 radical (unpaired) electrons. The van der Waals surface area contributed by atoms with E-state index < -0.39 is 0 Å². The molecule has 3 aromatic rings. The van der Waals surface area contributed by atoms with E-state index in [1.807, 2.05) is 35.2 Å². The fourth-order valence-electron chi connectivity index (χ4n) is 3.95. The van der Waals surface area contributed by atoms with Crippen molar-refractivity contribution in [2.45, 2.75) is 26.3 Å². The van der Waals surface area contributed by atoms with Crippen LogP contribution in [0.4, 0.5) is 10.5 Å². The number of aryl methyl sites for hydroxylation is 1. The van der Waals surface area contributed by atoms with E-state index in [4.69, 9.17) is 4.74 Å². The molecule has 2 aromatic carbocycles. The number of methoxy groups -OCH3 is 1. The molecule has 0 spiro atoms. The average Bonchev–Trinajstić information content (AvgIpc) is 3.04. The molecule has 1 aliphatic rings. The number of para-hydroxylation sites is 4. The third-order valence-corrected chi connectivity index (χ3v) is 5.54. The lowest BCUT2D eigenvalue weighted by atomic mass is 9.96. The SMILES string of the molecule is COc1ccccc1NC(=O)N1CCC(Cn2c(C)nc3ccccc32)CC1. The highest BCUT2D eigenvalue weighted by Crippen LogP contribution is 2.26. The van der Waals surface area contributed by atoms with Gasteiger partial charge in [-0.15, -0.1) is 0 Å². The number of hydrogen-bond donors (Lipinski definition) is 1. The van der Waals surface area contributed by atoms with E-state index in [0.717, 1.165) is 43.8 Å². The summed E-state index contributed by atoms with van der Waals surface area (Å²) in [5, 5.41) is 2.97. The summed E-state index contributed by atoms with van der Waals surface area (Å²) in [6.45, 7) is 4.54. The Bertz CT molecular complexity index is 974. The number of anilines is 1. The number of piperidine rings is 1. The van der Waals surface area contributed by atoms with E-state index >= 15 is 0 Å². The Hall–Kier alpha value is -3.02. The van der Waals surface area contributed by atoms with Crippen LogP contribution in [-0.4, -0.2) is 40.7 Å². The molecule has 28 heavy (non-hydrogen) atoms. The van der Waals surface area contributed by atoms with Crippen LogP contribution in [0.1, 0.15) is 18.7 Å². The van der Waals surface area contributed by atoms with Gasteiger partial charge in [0.1, 0.15) is 11.6 Å². The number of rotatable bonds is 4. The zero-order valence-electron chi connectivity index (χ0n) is 16.4. The van der Waals surface area contributed by atoms with E-state index in [-0.39, 0.29) is 6.03 Å². The summed E-state index contributed by atoms with van der Waals surface area (Å²) < 4.78 is 7.62. The Morgan fingerprint density at radius 2 is 1.86 bits per heavy atom. The molecule has 6 nitrogen and oxygen atoms in total. The van der Waals surface area contributed by atoms with Crippen molar-refractivity contribution in [3.63, 3.8) is 0 Å². The number of hydrogen-bond acceptors (Lipinski definition) is 3. The van der Waals surface area contributed by atoms with Gasteiger partial charge in [0.15, 0.2) is 0 Å². The van der Waals surface area contributed by atoms with Gasteiger partial charge in [0, 0.05) is 19.6 Å². The van der Waals surface area contributed by atoms with Crippen molar-refractivity contribution in [3.8, 4) is 5.75 Å². The predicted octanol–water partition coefficient (Wildman–Crippen LogP) is 4.30. The summed E-state index contributed by atoms with van der Waals surface area (Å²) >= 11 is 0. The lowest BCUT2D eigenvalue weighted by Crippen LogP contribution is -2.41. The lowest BCUT2D eigenvalue weighted by molar-refractivity contribution is 0.177. The Morgan fingerprint density at radius 1 is 1.14 bits per heavy atom. The topological polar surface area (TPSA) is 59.4 Å². The normalized spacial score (nSPS) is 15.0. The van der Waals surface area contributed by atoms with E-state index in [1.54, 1.807) is 7.11 Å². The number of amides is 2. The maximum Gasteiger partial charge on any atom is 0.321 e. The van der Waals surface area contributed by atoms with Crippen LogP contribution >= 0.6 is 0 Å². The molecule has 1 saturated heterocycles. The largest absolute Gasteiger partial charge is 0.495 e. The van der Waals surface area contributed by atoms with Crippen molar-refractivity contribution in [1.82, 2.24) is 14.5 Å². The van der Waals surface area contributed by atoms with Crippen LogP contribution in [0.15, 0.2) is 48.5 Å². The van der Waals surface area contributed by atoms with Crippen LogP contribution in [0.3, 0.4) is 0 Å². The van der Waals surface area contributed by atoms with Crippen LogP contribution in [0.2, 0.25) is 0 Å². The first kappa shape index (κ1) is 18.3. The number of urea groups is 1. The number of nitrogens with zero attached hydrogens (tertiary/aromatic N) is 3. The number of ether oxygens (including phenoxy) is 1. The molecule has 0 aliphatic carbocycles. The third-order valence-electron chi connectivity index (χ3n) is 5.54. The fourth-order valence-corrected chi connectivity index (χ4v) is 3.95. The van der Waals surface area contributed by atoms with Crippen molar-refractivity contribution in [2.24, 2.45) is 5.92 Å². The number of likely N-dealkylation sites (tertiary alicyclic amines) is 1. The van der Waals surface area contributed by atoms with Gasteiger partial charge in [-0.05, 0) is 49.9 Å². The van der Waals surface area contributed by atoms with Crippen LogP contribution in [0, 0.1) is 12.8 Å². The van der Waals surface area contributed by atoms with Gasteiger partial charge in [0.25, 0.3) is 0 Å². The molecule has 146 valence electrons. The monoisotopic (exact) mass is 378 g/mol. The minimum absolute atomic E-state index is 0.0628. The third kappa shape index (κ3) is 3.67. The van der Waals surface area contributed by atoms with E-state index in [9.17, 15) is 4.79 Å². The van der Waals surface area contributed by atoms with Gasteiger partial charge in [-0.3, -0.25) is 0 Å². The van der Waals surface area contributed by atoms with Crippen LogP contribution in [0.25, 0.3) is 11.0 Å². The number of imidazole rings is 1. The molecule has 0 unspecified atom stereocenters. The Kier molecular flexibility index (Phi) is 5.19. The molecule has 2 amide bonds. The first-order chi connectivity index (χ1) is 13.7. The first-order valence-corrected chi connectivity index (χ1v) is 9.76. The van der Waals surface area contributed by atoms with Gasteiger partial charge in [0.2, 0.25) is 0 Å². The quantitative estimate of drug-likeness (QED) is 0.736. The van der Waals surface area contributed by atoms with Gasteiger partial charge < -0.3 is 19.5 Å². The number of benzene rings is 2. The summed E-state index contributed by atoms with van der Waals surface area (Å²) in [6.07, 6.45) is 1.98. The van der Waals surface area contributed by atoms with Crippen molar-refractivity contribution < 1.29 is 9.53 Å². The summed E-state index contributed by atoms with van der Waals surface area (Å²) in [4.78, 5) is 19.2. The molecule has 0 saturated carbocycles. The smallest absolute Gasteiger partial charge is 0.321 e. The van der Waals surface area contributed by atoms with Crippen molar-refractivity contribution in [3.05, 3.63) is 54.4 Å². The summed E-state index contributed by atoms with van der Waals surface area (Å²) in [6, 6.07) is 15.7. The van der Waals surface area contributed by atoms with Gasteiger partial charge in [-0.1, -0.05) is 24.3 Å². The maximum atomic E-state index is 12.6. The molecule has 0 atom stereocenters. The summed E-state index contributed by atoms with van der Waals surface area (Å²) in [5.74, 6) is 2.28. The summed E-state index contributed by atoms with van der Waals surface area (Å²) in [5.41, 5.74) is 2.95. The molecule has 0 bridgehead atoms. The summed E-state index contributed by atoms with van der Waals surface area (Å²) in [7, 11) is 1.61.